The molecule has 0 radical (unpaired) electrons. The molecule has 0 aromatic heterocycles. The normalized spacial score (nSPS) is 10.8. The SMILES string of the molecule is CCOC(=O)CCCC(OCc1ccccc1)OCc1ccccc1. The van der Waals surface area contributed by atoms with E-state index in [-0.39, 0.29) is 12.3 Å². The highest BCUT2D eigenvalue weighted by Crippen LogP contribution is 2.13. The van der Waals surface area contributed by atoms with Crippen LogP contribution < -0.4 is 0 Å². The van der Waals surface area contributed by atoms with E-state index in [0.29, 0.717) is 39.1 Å². The molecule has 0 N–H and O–H groups in total. The zero-order valence-corrected chi connectivity index (χ0v) is 14.7. The maximum absolute atomic E-state index is 11.5. The third-order valence-corrected chi connectivity index (χ3v) is 3.68. The highest BCUT2D eigenvalue weighted by molar-refractivity contribution is 5.69. The number of rotatable bonds is 11. The molecule has 2 aromatic rings. The van der Waals surface area contributed by atoms with E-state index in [9.17, 15) is 4.79 Å². The summed E-state index contributed by atoms with van der Waals surface area (Å²) in [6.45, 7) is 3.20. The monoisotopic (exact) mass is 342 g/mol. The van der Waals surface area contributed by atoms with Gasteiger partial charge in [-0.2, -0.15) is 0 Å². The lowest BCUT2D eigenvalue weighted by Gasteiger charge is -2.19. The Labute approximate surface area is 149 Å². The first-order valence-corrected chi connectivity index (χ1v) is 8.74. The lowest BCUT2D eigenvalue weighted by atomic mass is 10.2. The zero-order chi connectivity index (χ0) is 17.7. The van der Waals surface area contributed by atoms with Gasteiger partial charge in [-0.05, 0) is 30.9 Å². The van der Waals surface area contributed by atoms with Crippen molar-refractivity contribution in [1.29, 1.82) is 0 Å². The van der Waals surface area contributed by atoms with E-state index >= 15 is 0 Å². The van der Waals surface area contributed by atoms with Gasteiger partial charge in [-0.3, -0.25) is 4.79 Å². The molecule has 4 heteroatoms. The van der Waals surface area contributed by atoms with E-state index in [1.165, 1.54) is 0 Å². The topological polar surface area (TPSA) is 44.8 Å². The molecule has 0 aliphatic carbocycles. The first kappa shape index (κ1) is 19.2. The third kappa shape index (κ3) is 7.96. The van der Waals surface area contributed by atoms with Crippen molar-refractivity contribution in [2.75, 3.05) is 6.61 Å². The molecule has 4 nitrogen and oxygen atoms in total. The van der Waals surface area contributed by atoms with Gasteiger partial charge in [0.25, 0.3) is 0 Å². The molecule has 0 heterocycles. The fourth-order valence-corrected chi connectivity index (χ4v) is 2.39. The first-order valence-electron chi connectivity index (χ1n) is 8.74. The molecular formula is C21H26O4. The fourth-order valence-electron chi connectivity index (χ4n) is 2.39. The van der Waals surface area contributed by atoms with Gasteiger partial charge in [-0.1, -0.05) is 60.7 Å². The van der Waals surface area contributed by atoms with Crippen molar-refractivity contribution in [2.45, 2.75) is 45.7 Å². The van der Waals surface area contributed by atoms with Gasteiger partial charge in [-0.15, -0.1) is 0 Å². The minimum atomic E-state index is -0.352. The molecule has 0 spiro atoms. The van der Waals surface area contributed by atoms with Crippen LogP contribution in [0.25, 0.3) is 0 Å². The average molecular weight is 342 g/mol. The molecule has 0 aliphatic rings. The molecule has 2 aromatic carbocycles. The predicted octanol–water partition coefficient (Wildman–Crippen LogP) is 4.48. The first-order chi connectivity index (χ1) is 12.3. The summed E-state index contributed by atoms with van der Waals surface area (Å²) >= 11 is 0. The molecule has 0 atom stereocenters. The summed E-state index contributed by atoms with van der Waals surface area (Å²) in [4.78, 5) is 11.5. The second-order valence-electron chi connectivity index (χ2n) is 5.72. The van der Waals surface area contributed by atoms with E-state index in [2.05, 4.69) is 0 Å². The van der Waals surface area contributed by atoms with Gasteiger partial charge in [0.15, 0.2) is 6.29 Å². The molecular weight excluding hydrogens is 316 g/mol. The Morgan fingerprint density at radius 1 is 0.880 bits per heavy atom. The van der Waals surface area contributed by atoms with Crippen molar-refractivity contribution < 1.29 is 19.0 Å². The molecule has 0 saturated carbocycles. The van der Waals surface area contributed by atoms with Gasteiger partial charge >= 0.3 is 5.97 Å². The number of esters is 1. The largest absolute Gasteiger partial charge is 0.466 e. The van der Waals surface area contributed by atoms with Crippen LogP contribution in [-0.4, -0.2) is 18.9 Å². The van der Waals surface area contributed by atoms with E-state index in [0.717, 1.165) is 11.1 Å². The summed E-state index contributed by atoms with van der Waals surface area (Å²) in [5, 5.41) is 0. The molecule has 0 amide bonds. The number of carbonyl (C=O) groups is 1. The molecule has 2 rings (SSSR count). The Bertz CT molecular complexity index is 554. The second kappa shape index (κ2) is 11.4. The van der Waals surface area contributed by atoms with Crippen LogP contribution in [-0.2, 0) is 32.2 Å². The number of ether oxygens (including phenoxy) is 3. The molecule has 134 valence electrons. The number of hydrogen-bond donors (Lipinski definition) is 0. The summed E-state index contributed by atoms with van der Waals surface area (Å²) in [5.74, 6) is -0.174. The van der Waals surface area contributed by atoms with Crippen molar-refractivity contribution >= 4 is 5.97 Å². The summed E-state index contributed by atoms with van der Waals surface area (Å²) in [5.41, 5.74) is 2.20. The van der Waals surface area contributed by atoms with Gasteiger partial charge in [0.05, 0.1) is 19.8 Å². The predicted molar refractivity (Wildman–Crippen MR) is 96.7 cm³/mol. The Morgan fingerprint density at radius 3 is 1.88 bits per heavy atom. The highest BCUT2D eigenvalue weighted by atomic mass is 16.7. The quantitative estimate of drug-likeness (QED) is 0.446. The summed E-state index contributed by atoms with van der Waals surface area (Å²) < 4.78 is 16.8. The molecule has 0 saturated heterocycles. The number of carbonyl (C=O) groups excluding carboxylic acids is 1. The second-order valence-corrected chi connectivity index (χ2v) is 5.72. The van der Waals surface area contributed by atoms with Crippen LogP contribution in [0.5, 0.6) is 0 Å². The standard InChI is InChI=1S/C21H26O4/c1-2-23-20(22)14-9-15-21(24-16-18-10-5-3-6-11-18)25-17-19-12-7-4-8-13-19/h3-8,10-13,21H,2,9,14-17H2,1H3. The van der Waals surface area contributed by atoms with Crippen LogP contribution in [0, 0.1) is 0 Å². The fraction of sp³-hybridized carbons (Fsp3) is 0.381. The lowest BCUT2D eigenvalue weighted by Crippen LogP contribution is -2.18. The zero-order valence-electron chi connectivity index (χ0n) is 14.7. The van der Waals surface area contributed by atoms with Gasteiger partial charge in [-0.25, -0.2) is 0 Å². The summed E-state index contributed by atoms with van der Waals surface area (Å²) in [7, 11) is 0. The van der Waals surface area contributed by atoms with Crippen LogP contribution >= 0.6 is 0 Å². The maximum atomic E-state index is 11.5. The van der Waals surface area contributed by atoms with Crippen LogP contribution in [0.3, 0.4) is 0 Å². The minimum absolute atomic E-state index is 0.174. The van der Waals surface area contributed by atoms with Crippen LogP contribution in [0.4, 0.5) is 0 Å². The van der Waals surface area contributed by atoms with Gasteiger partial charge < -0.3 is 14.2 Å². The van der Waals surface area contributed by atoms with E-state index < -0.39 is 0 Å². The number of hydrogen-bond acceptors (Lipinski definition) is 4. The van der Waals surface area contributed by atoms with E-state index in [1.807, 2.05) is 67.6 Å². The third-order valence-electron chi connectivity index (χ3n) is 3.68. The van der Waals surface area contributed by atoms with Crippen molar-refractivity contribution in [3.05, 3.63) is 71.8 Å². The van der Waals surface area contributed by atoms with Crippen LogP contribution in [0.1, 0.15) is 37.3 Å². The van der Waals surface area contributed by atoms with Gasteiger partial charge in [0.2, 0.25) is 0 Å². The molecule has 0 aliphatic heterocycles. The minimum Gasteiger partial charge on any atom is -0.466 e. The summed E-state index contributed by atoms with van der Waals surface area (Å²) in [6.07, 6.45) is 1.36. The smallest absolute Gasteiger partial charge is 0.305 e. The molecule has 25 heavy (non-hydrogen) atoms. The molecule has 0 unspecified atom stereocenters. The van der Waals surface area contributed by atoms with E-state index in [4.69, 9.17) is 14.2 Å². The molecule has 0 bridgehead atoms. The van der Waals surface area contributed by atoms with Gasteiger partial charge in [0, 0.05) is 6.42 Å². The Balaban J connectivity index is 1.82. The van der Waals surface area contributed by atoms with Crippen molar-refractivity contribution in [1.82, 2.24) is 0 Å². The Kier molecular flexibility index (Phi) is 8.73. The van der Waals surface area contributed by atoms with Crippen LogP contribution in [0.15, 0.2) is 60.7 Å². The highest BCUT2D eigenvalue weighted by Gasteiger charge is 2.12. The number of benzene rings is 2. The van der Waals surface area contributed by atoms with Crippen LogP contribution in [0.2, 0.25) is 0 Å². The Morgan fingerprint density at radius 2 is 1.40 bits per heavy atom. The molecule has 0 fully saturated rings. The van der Waals surface area contributed by atoms with E-state index in [1.54, 1.807) is 0 Å². The lowest BCUT2D eigenvalue weighted by molar-refractivity contribution is -0.162. The van der Waals surface area contributed by atoms with Gasteiger partial charge in [0.1, 0.15) is 0 Å². The van der Waals surface area contributed by atoms with Crippen molar-refractivity contribution in [3.63, 3.8) is 0 Å². The van der Waals surface area contributed by atoms with Crippen molar-refractivity contribution in [2.24, 2.45) is 0 Å². The average Bonchev–Trinajstić information content (AvgIpc) is 2.65. The maximum Gasteiger partial charge on any atom is 0.305 e. The Hall–Kier alpha value is -2.17. The van der Waals surface area contributed by atoms with Crippen molar-refractivity contribution in [3.8, 4) is 0 Å². The summed E-state index contributed by atoms with van der Waals surface area (Å²) in [6, 6.07) is 20.0.